The molecule has 0 bridgehead atoms. The summed E-state index contributed by atoms with van der Waals surface area (Å²) in [7, 11) is 0. The molecule has 2 aromatic carbocycles. The fourth-order valence-corrected chi connectivity index (χ4v) is 2.21. The van der Waals surface area contributed by atoms with Gasteiger partial charge in [-0.15, -0.1) is 0 Å². The number of hydrogen-bond acceptors (Lipinski definition) is 3. The zero-order chi connectivity index (χ0) is 15.1. The molecule has 2 aromatic rings. The molecule has 0 aliphatic carbocycles. The molecule has 21 heavy (non-hydrogen) atoms. The Labute approximate surface area is 138 Å². The number of ether oxygens (including phenoxy) is 1. The number of hydrogen-bond donors (Lipinski definition) is 2. The van der Waals surface area contributed by atoms with Gasteiger partial charge in [0, 0.05) is 16.7 Å². The number of halogens is 2. The third-order valence-electron chi connectivity index (χ3n) is 2.88. The first-order valence-electron chi connectivity index (χ1n) is 6.64. The molecule has 0 aromatic heterocycles. The van der Waals surface area contributed by atoms with Crippen molar-refractivity contribution in [3.05, 3.63) is 63.6 Å². The lowest BCUT2D eigenvalue weighted by Crippen LogP contribution is -2.24. The summed E-state index contributed by atoms with van der Waals surface area (Å²) in [5.74, 6) is 0. The van der Waals surface area contributed by atoms with Crippen LogP contribution in [0.5, 0.6) is 0 Å². The summed E-state index contributed by atoms with van der Waals surface area (Å²) in [6, 6.07) is 15.5. The molecule has 0 fully saturated rings. The summed E-state index contributed by atoms with van der Waals surface area (Å²) in [6.45, 7) is 1.20. The molecule has 5 heteroatoms. The second kappa shape index (κ2) is 8.39. The quantitative estimate of drug-likeness (QED) is 0.771. The molecular formula is C16H17BrClNO2. The van der Waals surface area contributed by atoms with Crippen LogP contribution in [0.15, 0.2) is 53.0 Å². The predicted molar refractivity (Wildman–Crippen MR) is 89.7 cm³/mol. The van der Waals surface area contributed by atoms with E-state index in [0.717, 1.165) is 15.7 Å². The average molecular weight is 371 g/mol. The fraction of sp³-hybridized carbons (Fsp3) is 0.250. The molecule has 0 spiro atoms. The molecule has 1 unspecified atom stereocenters. The van der Waals surface area contributed by atoms with Gasteiger partial charge in [-0.1, -0.05) is 41.9 Å². The molecule has 0 radical (unpaired) electrons. The largest absolute Gasteiger partial charge is 0.389 e. The lowest BCUT2D eigenvalue weighted by atomic mass is 10.2. The van der Waals surface area contributed by atoms with Crippen molar-refractivity contribution in [1.82, 2.24) is 0 Å². The molecule has 2 rings (SSSR count). The number of aliphatic hydroxyl groups excluding tert-OH is 1. The van der Waals surface area contributed by atoms with Gasteiger partial charge in [0.15, 0.2) is 0 Å². The lowest BCUT2D eigenvalue weighted by molar-refractivity contribution is 0.0348. The van der Waals surface area contributed by atoms with Crippen molar-refractivity contribution in [2.75, 3.05) is 18.5 Å². The van der Waals surface area contributed by atoms with E-state index in [-0.39, 0.29) is 6.61 Å². The maximum Gasteiger partial charge on any atom is 0.0945 e. The Hall–Kier alpha value is -1.07. The molecule has 112 valence electrons. The third kappa shape index (κ3) is 5.67. The molecule has 3 nitrogen and oxygen atoms in total. The smallest absolute Gasteiger partial charge is 0.0945 e. The van der Waals surface area contributed by atoms with E-state index in [1.54, 1.807) is 0 Å². The van der Waals surface area contributed by atoms with Gasteiger partial charge < -0.3 is 15.2 Å². The van der Waals surface area contributed by atoms with Gasteiger partial charge in [-0.2, -0.15) is 0 Å². The van der Waals surface area contributed by atoms with Gasteiger partial charge in [0.25, 0.3) is 0 Å². The van der Waals surface area contributed by atoms with Gasteiger partial charge in [0.1, 0.15) is 0 Å². The van der Waals surface area contributed by atoms with E-state index in [2.05, 4.69) is 21.2 Å². The van der Waals surface area contributed by atoms with E-state index < -0.39 is 6.10 Å². The summed E-state index contributed by atoms with van der Waals surface area (Å²) in [5.41, 5.74) is 1.96. The van der Waals surface area contributed by atoms with Crippen LogP contribution in [0.3, 0.4) is 0 Å². The summed E-state index contributed by atoms with van der Waals surface area (Å²) >= 11 is 9.34. The van der Waals surface area contributed by atoms with Crippen LogP contribution in [0.4, 0.5) is 5.69 Å². The van der Waals surface area contributed by atoms with Crippen LogP contribution in [-0.2, 0) is 11.3 Å². The Morgan fingerprint density at radius 3 is 2.67 bits per heavy atom. The second-order valence-electron chi connectivity index (χ2n) is 4.66. The average Bonchev–Trinajstić information content (AvgIpc) is 2.49. The monoisotopic (exact) mass is 369 g/mol. The predicted octanol–water partition coefficient (Wildman–Crippen LogP) is 4.09. The highest BCUT2D eigenvalue weighted by Crippen LogP contribution is 2.25. The Bertz CT molecular complexity index is 565. The SMILES string of the molecule is OC(CNc1ccc(Br)c(Cl)c1)COCc1ccccc1. The number of aliphatic hydroxyl groups is 1. The van der Waals surface area contributed by atoms with Gasteiger partial charge in [-0.25, -0.2) is 0 Å². The standard InChI is InChI=1S/C16H17BrClNO2/c17-15-7-6-13(8-16(15)18)19-9-14(20)11-21-10-12-4-2-1-3-5-12/h1-8,14,19-20H,9-11H2. The van der Waals surface area contributed by atoms with Gasteiger partial charge in [-0.3, -0.25) is 0 Å². The highest BCUT2D eigenvalue weighted by Gasteiger charge is 2.05. The topological polar surface area (TPSA) is 41.5 Å². The molecule has 0 amide bonds. The van der Waals surface area contributed by atoms with Crippen LogP contribution in [0.1, 0.15) is 5.56 Å². The summed E-state index contributed by atoms with van der Waals surface area (Å²) in [5, 5.41) is 13.6. The Morgan fingerprint density at radius 1 is 1.19 bits per heavy atom. The van der Waals surface area contributed by atoms with Gasteiger partial charge in [0.2, 0.25) is 0 Å². The third-order valence-corrected chi connectivity index (χ3v) is 4.12. The van der Waals surface area contributed by atoms with Crippen LogP contribution in [0.25, 0.3) is 0 Å². The lowest BCUT2D eigenvalue weighted by Gasteiger charge is -2.13. The minimum absolute atomic E-state index is 0.284. The molecule has 2 N–H and O–H groups in total. The first kappa shape index (κ1) is 16.3. The first-order valence-corrected chi connectivity index (χ1v) is 7.81. The van der Waals surface area contributed by atoms with Gasteiger partial charge in [-0.05, 0) is 39.7 Å². The van der Waals surface area contributed by atoms with E-state index in [1.807, 2.05) is 48.5 Å². The minimum Gasteiger partial charge on any atom is -0.389 e. The fourth-order valence-electron chi connectivity index (χ4n) is 1.79. The zero-order valence-electron chi connectivity index (χ0n) is 11.4. The van der Waals surface area contributed by atoms with Crippen LogP contribution in [0.2, 0.25) is 5.02 Å². The molecule has 0 aliphatic rings. The number of rotatable bonds is 7. The van der Waals surface area contributed by atoms with E-state index >= 15 is 0 Å². The van der Waals surface area contributed by atoms with Crippen LogP contribution in [0, 0.1) is 0 Å². The zero-order valence-corrected chi connectivity index (χ0v) is 13.8. The molecule has 0 saturated carbocycles. The normalized spacial score (nSPS) is 12.1. The number of nitrogens with one attached hydrogen (secondary N) is 1. The highest BCUT2D eigenvalue weighted by molar-refractivity contribution is 9.10. The Morgan fingerprint density at radius 2 is 1.95 bits per heavy atom. The maximum absolute atomic E-state index is 9.88. The summed E-state index contributed by atoms with van der Waals surface area (Å²) in [6.07, 6.45) is -0.573. The molecular weight excluding hydrogens is 354 g/mol. The number of anilines is 1. The van der Waals surface area contributed by atoms with Crippen molar-refractivity contribution in [3.8, 4) is 0 Å². The number of benzene rings is 2. The van der Waals surface area contributed by atoms with E-state index in [4.69, 9.17) is 16.3 Å². The molecule has 0 heterocycles. The van der Waals surface area contributed by atoms with Gasteiger partial charge >= 0.3 is 0 Å². The van der Waals surface area contributed by atoms with Crippen molar-refractivity contribution < 1.29 is 9.84 Å². The van der Waals surface area contributed by atoms with Crippen molar-refractivity contribution in [2.24, 2.45) is 0 Å². The van der Waals surface area contributed by atoms with E-state index in [9.17, 15) is 5.11 Å². The second-order valence-corrected chi connectivity index (χ2v) is 5.93. The van der Waals surface area contributed by atoms with Crippen LogP contribution in [-0.4, -0.2) is 24.4 Å². The minimum atomic E-state index is -0.573. The Balaban J connectivity index is 1.69. The Kier molecular flexibility index (Phi) is 6.51. The molecule has 0 aliphatic heterocycles. The summed E-state index contributed by atoms with van der Waals surface area (Å²) < 4.78 is 6.34. The maximum atomic E-state index is 9.88. The van der Waals surface area contributed by atoms with Gasteiger partial charge in [0.05, 0.1) is 24.3 Å². The van der Waals surface area contributed by atoms with Crippen LogP contribution < -0.4 is 5.32 Å². The van der Waals surface area contributed by atoms with E-state index in [1.165, 1.54) is 0 Å². The van der Waals surface area contributed by atoms with Crippen LogP contribution >= 0.6 is 27.5 Å². The molecule has 0 saturated heterocycles. The van der Waals surface area contributed by atoms with E-state index in [0.29, 0.717) is 18.2 Å². The van der Waals surface area contributed by atoms with Crippen molar-refractivity contribution >= 4 is 33.2 Å². The van der Waals surface area contributed by atoms with Crippen molar-refractivity contribution in [3.63, 3.8) is 0 Å². The first-order chi connectivity index (χ1) is 10.1. The van der Waals surface area contributed by atoms with Crippen molar-refractivity contribution in [1.29, 1.82) is 0 Å². The highest BCUT2D eigenvalue weighted by atomic mass is 79.9. The van der Waals surface area contributed by atoms with Crippen molar-refractivity contribution in [2.45, 2.75) is 12.7 Å². The molecule has 1 atom stereocenters. The summed E-state index contributed by atoms with van der Waals surface area (Å²) in [4.78, 5) is 0.